The maximum atomic E-state index is 12.0. The second-order valence-electron chi connectivity index (χ2n) is 5.58. The third-order valence-electron chi connectivity index (χ3n) is 3.66. The van der Waals surface area contributed by atoms with Gasteiger partial charge in [0.15, 0.2) is 0 Å². The van der Waals surface area contributed by atoms with E-state index in [1.54, 1.807) is 18.2 Å². The van der Waals surface area contributed by atoms with E-state index in [9.17, 15) is 9.59 Å². The van der Waals surface area contributed by atoms with Gasteiger partial charge in [-0.15, -0.1) is 0 Å². The summed E-state index contributed by atoms with van der Waals surface area (Å²) in [6.07, 6.45) is 3.55. The summed E-state index contributed by atoms with van der Waals surface area (Å²) in [6, 6.07) is 7.04. The molecule has 0 aromatic heterocycles. The largest absolute Gasteiger partial charge is 0.491 e. The van der Waals surface area contributed by atoms with Gasteiger partial charge in [0.2, 0.25) is 0 Å². The number of rotatable bonds is 9. The molecule has 1 fully saturated rings. The van der Waals surface area contributed by atoms with Gasteiger partial charge >= 0.3 is 5.97 Å². The molecule has 0 spiro atoms. The average Bonchev–Trinajstić information content (AvgIpc) is 3.06. The molecule has 1 heterocycles. The van der Waals surface area contributed by atoms with Crippen LogP contribution in [0.2, 0.25) is 0 Å². The molecular formula is C17H23NO5. The molecule has 6 nitrogen and oxygen atoms in total. The van der Waals surface area contributed by atoms with Crippen LogP contribution in [0.25, 0.3) is 0 Å². The van der Waals surface area contributed by atoms with Gasteiger partial charge in [-0.25, -0.2) is 0 Å². The highest BCUT2D eigenvalue weighted by atomic mass is 16.5. The summed E-state index contributed by atoms with van der Waals surface area (Å²) < 4.78 is 11.2. The molecule has 126 valence electrons. The van der Waals surface area contributed by atoms with E-state index in [0.29, 0.717) is 37.3 Å². The Kier molecular flexibility index (Phi) is 6.87. The van der Waals surface area contributed by atoms with Crippen molar-refractivity contribution in [3.63, 3.8) is 0 Å². The van der Waals surface area contributed by atoms with Crippen molar-refractivity contribution in [1.82, 2.24) is 5.32 Å². The summed E-state index contributed by atoms with van der Waals surface area (Å²) in [5.41, 5.74) is 0.535. The molecule has 23 heavy (non-hydrogen) atoms. The van der Waals surface area contributed by atoms with Crippen molar-refractivity contribution in [1.29, 1.82) is 0 Å². The highest BCUT2D eigenvalue weighted by molar-refractivity contribution is 5.94. The van der Waals surface area contributed by atoms with Crippen molar-refractivity contribution in [3.05, 3.63) is 29.8 Å². The Balaban J connectivity index is 1.74. The van der Waals surface area contributed by atoms with Crippen LogP contribution in [0, 0.1) is 0 Å². The lowest BCUT2D eigenvalue weighted by molar-refractivity contribution is -0.137. The molecular weight excluding hydrogens is 298 g/mol. The highest BCUT2D eigenvalue weighted by Crippen LogP contribution is 2.17. The second-order valence-corrected chi connectivity index (χ2v) is 5.58. The lowest BCUT2D eigenvalue weighted by atomic mass is 10.2. The summed E-state index contributed by atoms with van der Waals surface area (Å²) in [5, 5.41) is 11.3. The van der Waals surface area contributed by atoms with E-state index in [4.69, 9.17) is 14.6 Å². The molecule has 1 aromatic rings. The van der Waals surface area contributed by atoms with Crippen molar-refractivity contribution in [2.24, 2.45) is 0 Å². The van der Waals surface area contributed by atoms with Crippen LogP contribution in [0.4, 0.5) is 0 Å². The number of benzene rings is 1. The third-order valence-corrected chi connectivity index (χ3v) is 3.66. The van der Waals surface area contributed by atoms with Crippen LogP contribution >= 0.6 is 0 Å². The van der Waals surface area contributed by atoms with Crippen LogP contribution in [0.5, 0.6) is 5.75 Å². The minimum atomic E-state index is -0.813. The highest BCUT2D eigenvalue weighted by Gasteiger charge is 2.16. The third kappa shape index (κ3) is 6.28. The van der Waals surface area contributed by atoms with Crippen LogP contribution in [0.1, 0.15) is 42.5 Å². The number of ether oxygens (including phenoxy) is 2. The van der Waals surface area contributed by atoms with Gasteiger partial charge in [-0.1, -0.05) is 6.07 Å². The Morgan fingerprint density at radius 2 is 2.22 bits per heavy atom. The number of nitrogens with one attached hydrogen (secondary N) is 1. The van der Waals surface area contributed by atoms with Gasteiger partial charge in [-0.05, 0) is 43.9 Å². The number of carbonyl (C=O) groups is 2. The van der Waals surface area contributed by atoms with E-state index in [-0.39, 0.29) is 18.4 Å². The monoisotopic (exact) mass is 321 g/mol. The van der Waals surface area contributed by atoms with Gasteiger partial charge in [0.05, 0.1) is 6.10 Å². The second kappa shape index (κ2) is 9.15. The quantitative estimate of drug-likeness (QED) is 0.681. The number of unbranched alkanes of at least 4 members (excludes halogenated alkanes) is 1. The lowest BCUT2D eigenvalue weighted by Crippen LogP contribution is -2.24. The van der Waals surface area contributed by atoms with Crippen LogP contribution in [-0.4, -0.2) is 42.8 Å². The molecule has 0 bridgehead atoms. The van der Waals surface area contributed by atoms with Gasteiger partial charge in [-0.3, -0.25) is 9.59 Å². The first kappa shape index (κ1) is 17.3. The zero-order chi connectivity index (χ0) is 16.5. The van der Waals surface area contributed by atoms with Gasteiger partial charge in [0, 0.05) is 25.1 Å². The minimum absolute atomic E-state index is 0.127. The van der Waals surface area contributed by atoms with Gasteiger partial charge in [0.1, 0.15) is 12.4 Å². The van der Waals surface area contributed by atoms with E-state index in [1.165, 1.54) is 0 Å². The van der Waals surface area contributed by atoms with Crippen LogP contribution < -0.4 is 10.1 Å². The number of hydrogen-bond acceptors (Lipinski definition) is 4. The van der Waals surface area contributed by atoms with Crippen molar-refractivity contribution < 1.29 is 24.2 Å². The zero-order valence-corrected chi connectivity index (χ0v) is 13.1. The summed E-state index contributed by atoms with van der Waals surface area (Å²) in [5.74, 6) is -0.339. The number of aliphatic carboxylic acids is 1. The molecule has 0 radical (unpaired) electrons. The Morgan fingerprint density at radius 1 is 1.35 bits per heavy atom. The zero-order valence-electron chi connectivity index (χ0n) is 13.1. The number of carboxylic acids is 1. The summed E-state index contributed by atoms with van der Waals surface area (Å²) >= 11 is 0. The van der Waals surface area contributed by atoms with E-state index in [1.807, 2.05) is 6.07 Å². The Bertz CT molecular complexity index is 525. The van der Waals surface area contributed by atoms with Gasteiger partial charge < -0.3 is 19.9 Å². The fourth-order valence-electron chi connectivity index (χ4n) is 2.40. The number of hydrogen-bond donors (Lipinski definition) is 2. The lowest BCUT2D eigenvalue weighted by Gasteiger charge is -2.12. The molecule has 1 amide bonds. The summed E-state index contributed by atoms with van der Waals surface area (Å²) in [4.78, 5) is 22.4. The molecule has 0 aliphatic carbocycles. The normalized spacial score (nSPS) is 17.0. The first-order valence-electron chi connectivity index (χ1n) is 7.99. The van der Waals surface area contributed by atoms with Crippen LogP contribution in [0.15, 0.2) is 24.3 Å². The Hall–Kier alpha value is -2.08. The first-order chi connectivity index (χ1) is 11.1. The Morgan fingerprint density at radius 3 is 2.96 bits per heavy atom. The molecule has 1 aliphatic heterocycles. The SMILES string of the molecule is O=C(O)CCCCNC(=O)c1cccc(OCC2CCCO2)c1. The van der Waals surface area contributed by atoms with E-state index in [2.05, 4.69) is 5.32 Å². The summed E-state index contributed by atoms with van der Waals surface area (Å²) in [7, 11) is 0. The molecule has 1 unspecified atom stereocenters. The fourth-order valence-corrected chi connectivity index (χ4v) is 2.40. The number of amides is 1. The maximum Gasteiger partial charge on any atom is 0.303 e. The van der Waals surface area contributed by atoms with Crippen LogP contribution in [0.3, 0.4) is 0 Å². The average molecular weight is 321 g/mol. The van der Waals surface area contributed by atoms with Crippen molar-refractivity contribution in [2.75, 3.05) is 19.8 Å². The molecule has 1 atom stereocenters. The predicted molar refractivity (Wildman–Crippen MR) is 84.7 cm³/mol. The standard InChI is InChI=1S/C17H23NO5/c19-16(20)8-1-2-9-18-17(21)13-5-3-6-14(11-13)23-12-15-7-4-10-22-15/h3,5-6,11,15H,1-2,4,7-10,12H2,(H,18,21)(H,19,20). The molecule has 1 saturated heterocycles. The Labute approximate surface area is 135 Å². The van der Waals surface area contributed by atoms with Crippen LogP contribution in [-0.2, 0) is 9.53 Å². The molecule has 6 heteroatoms. The van der Waals surface area contributed by atoms with Crippen molar-refractivity contribution in [3.8, 4) is 5.75 Å². The topological polar surface area (TPSA) is 84.9 Å². The van der Waals surface area contributed by atoms with E-state index >= 15 is 0 Å². The molecule has 1 aliphatic rings. The number of carbonyl (C=O) groups excluding carboxylic acids is 1. The maximum absolute atomic E-state index is 12.0. The van der Waals surface area contributed by atoms with Gasteiger partial charge in [0.25, 0.3) is 5.91 Å². The fraction of sp³-hybridized carbons (Fsp3) is 0.529. The molecule has 2 N–H and O–H groups in total. The summed E-state index contributed by atoms with van der Waals surface area (Å²) in [6.45, 7) is 1.76. The smallest absolute Gasteiger partial charge is 0.303 e. The predicted octanol–water partition coefficient (Wildman–Crippen LogP) is 2.23. The van der Waals surface area contributed by atoms with Crippen molar-refractivity contribution in [2.45, 2.75) is 38.2 Å². The number of carboxylic acid groups (broad SMARTS) is 1. The molecule has 0 saturated carbocycles. The van der Waals surface area contributed by atoms with E-state index < -0.39 is 5.97 Å². The van der Waals surface area contributed by atoms with E-state index in [0.717, 1.165) is 19.4 Å². The molecule has 2 rings (SSSR count). The first-order valence-corrected chi connectivity index (χ1v) is 7.99. The van der Waals surface area contributed by atoms with Gasteiger partial charge in [-0.2, -0.15) is 0 Å². The minimum Gasteiger partial charge on any atom is -0.491 e. The van der Waals surface area contributed by atoms with Crippen molar-refractivity contribution >= 4 is 11.9 Å². The molecule has 1 aromatic carbocycles.